The Bertz CT molecular complexity index is 1070. The number of ether oxygens (including phenoxy) is 3. The Balaban J connectivity index is 1.34. The van der Waals surface area contributed by atoms with Gasteiger partial charge in [-0.3, -0.25) is 9.59 Å². The molecule has 0 spiro atoms. The number of carbonyl (C=O) groups is 2. The van der Waals surface area contributed by atoms with Crippen LogP contribution in [0.2, 0.25) is 0 Å². The van der Waals surface area contributed by atoms with Gasteiger partial charge in [0, 0.05) is 11.1 Å². The van der Waals surface area contributed by atoms with Crippen LogP contribution in [0, 0.1) is 0 Å². The maximum absolute atomic E-state index is 12.2. The van der Waals surface area contributed by atoms with E-state index in [1.54, 1.807) is 18.2 Å². The Morgan fingerprint density at radius 2 is 1.47 bits per heavy atom. The summed E-state index contributed by atoms with van der Waals surface area (Å²) in [7, 11) is 0. The highest BCUT2D eigenvalue weighted by Gasteiger charge is 2.15. The number of hydrazone groups is 1. The number of amides is 1. The summed E-state index contributed by atoms with van der Waals surface area (Å²) in [6.45, 7) is 0.543. The van der Waals surface area contributed by atoms with Crippen molar-refractivity contribution in [3.63, 3.8) is 0 Å². The molecule has 0 unspecified atom stereocenters. The van der Waals surface area contributed by atoms with E-state index in [9.17, 15) is 9.59 Å². The van der Waals surface area contributed by atoms with Crippen molar-refractivity contribution >= 4 is 17.6 Å². The summed E-state index contributed by atoms with van der Waals surface area (Å²) in [5.41, 5.74) is 5.52. The van der Waals surface area contributed by atoms with Crippen LogP contribution in [0.15, 0.2) is 84.0 Å². The average molecular weight is 430 g/mol. The standard InChI is InChI=1S/C25H22N2O5/c28-23(17-32-24(29)16-18-11-12-21-22(15-18)31-14-13-30-21)26-27-25(19-7-3-1-4-8-19)20-9-5-2-6-10-20/h1-12,15H,13-14,16-17H2,(H,26,28). The van der Waals surface area contributed by atoms with Crippen molar-refractivity contribution < 1.29 is 23.8 Å². The van der Waals surface area contributed by atoms with Gasteiger partial charge in [0.1, 0.15) is 13.2 Å². The van der Waals surface area contributed by atoms with Crippen molar-refractivity contribution in [3.8, 4) is 11.5 Å². The van der Waals surface area contributed by atoms with Crippen LogP contribution in [0.4, 0.5) is 0 Å². The van der Waals surface area contributed by atoms with Crippen LogP contribution in [0.25, 0.3) is 0 Å². The molecule has 7 nitrogen and oxygen atoms in total. The summed E-state index contributed by atoms with van der Waals surface area (Å²) < 4.78 is 16.1. The molecule has 0 fully saturated rings. The second-order valence-corrected chi connectivity index (χ2v) is 7.04. The van der Waals surface area contributed by atoms with Crippen molar-refractivity contribution in [1.82, 2.24) is 5.43 Å². The third-order valence-corrected chi connectivity index (χ3v) is 4.71. The minimum atomic E-state index is -0.523. The molecular formula is C25H22N2O5. The molecule has 32 heavy (non-hydrogen) atoms. The molecule has 1 aliphatic heterocycles. The van der Waals surface area contributed by atoms with Crippen LogP contribution in [0.5, 0.6) is 11.5 Å². The Labute approximate surface area is 185 Å². The minimum absolute atomic E-state index is 0.0203. The Morgan fingerprint density at radius 3 is 2.12 bits per heavy atom. The Hall–Kier alpha value is -4.13. The average Bonchev–Trinajstić information content (AvgIpc) is 2.84. The van der Waals surface area contributed by atoms with Crippen molar-refractivity contribution in [2.75, 3.05) is 19.8 Å². The van der Waals surface area contributed by atoms with Gasteiger partial charge in [0.25, 0.3) is 5.91 Å². The lowest BCUT2D eigenvalue weighted by Gasteiger charge is -2.18. The van der Waals surface area contributed by atoms with Crippen molar-refractivity contribution in [3.05, 3.63) is 95.6 Å². The van der Waals surface area contributed by atoms with E-state index >= 15 is 0 Å². The maximum Gasteiger partial charge on any atom is 0.310 e. The summed E-state index contributed by atoms with van der Waals surface area (Å²) >= 11 is 0. The topological polar surface area (TPSA) is 86.2 Å². The molecule has 0 saturated heterocycles. The Kier molecular flexibility index (Phi) is 6.77. The van der Waals surface area contributed by atoms with Crippen LogP contribution >= 0.6 is 0 Å². The van der Waals surface area contributed by atoms with Gasteiger partial charge in [-0.25, -0.2) is 5.43 Å². The number of hydrogen-bond donors (Lipinski definition) is 1. The molecule has 0 aliphatic carbocycles. The molecule has 4 rings (SSSR count). The van der Waals surface area contributed by atoms with E-state index in [-0.39, 0.29) is 6.42 Å². The van der Waals surface area contributed by atoms with Crippen LogP contribution in [0.3, 0.4) is 0 Å². The zero-order valence-corrected chi connectivity index (χ0v) is 17.3. The highest BCUT2D eigenvalue weighted by molar-refractivity contribution is 6.13. The highest BCUT2D eigenvalue weighted by atomic mass is 16.6. The number of fused-ring (bicyclic) bond motifs is 1. The van der Waals surface area contributed by atoms with Crippen molar-refractivity contribution in [2.24, 2.45) is 5.10 Å². The molecule has 3 aromatic rings. The van der Waals surface area contributed by atoms with Gasteiger partial charge in [-0.15, -0.1) is 0 Å². The van der Waals surface area contributed by atoms with Gasteiger partial charge in [0.15, 0.2) is 18.1 Å². The largest absolute Gasteiger partial charge is 0.486 e. The number of carbonyl (C=O) groups excluding carboxylic acids is 2. The highest BCUT2D eigenvalue weighted by Crippen LogP contribution is 2.30. The summed E-state index contributed by atoms with van der Waals surface area (Å²) in [5.74, 6) is 0.207. The van der Waals surface area contributed by atoms with E-state index in [2.05, 4.69) is 10.5 Å². The molecule has 1 heterocycles. The summed E-state index contributed by atoms with van der Waals surface area (Å²) in [4.78, 5) is 24.4. The number of rotatable bonds is 7. The third-order valence-electron chi connectivity index (χ3n) is 4.71. The summed E-state index contributed by atoms with van der Waals surface area (Å²) in [6.07, 6.45) is 0.0203. The van der Waals surface area contributed by atoms with Crippen LogP contribution in [0.1, 0.15) is 16.7 Å². The fraction of sp³-hybridized carbons (Fsp3) is 0.160. The van der Waals surface area contributed by atoms with Gasteiger partial charge in [0.2, 0.25) is 0 Å². The molecule has 0 atom stereocenters. The van der Waals surface area contributed by atoms with E-state index in [4.69, 9.17) is 14.2 Å². The fourth-order valence-corrected chi connectivity index (χ4v) is 3.20. The molecule has 0 radical (unpaired) electrons. The smallest absolute Gasteiger partial charge is 0.310 e. The lowest BCUT2D eigenvalue weighted by molar-refractivity contribution is -0.147. The first kappa shape index (κ1) is 21.1. The molecule has 1 amide bonds. The predicted octanol–water partition coefficient (Wildman–Crippen LogP) is 3.11. The monoisotopic (exact) mass is 430 g/mol. The molecule has 0 aromatic heterocycles. The number of hydrogen-bond acceptors (Lipinski definition) is 6. The number of benzene rings is 3. The second kappa shape index (κ2) is 10.3. The SMILES string of the molecule is O=C(COC(=O)Cc1ccc2c(c1)OCCO2)NN=C(c1ccccc1)c1ccccc1. The first-order chi connectivity index (χ1) is 15.7. The van der Waals surface area contributed by atoms with Gasteiger partial charge >= 0.3 is 5.97 Å². The maximum atomic E-state index is 12.2. The number of esters is 1. The van der Waals surface area contributed by atoms with Gasteiger partial charge in [-0.05, 0) is 17.7 Å². The summed E-state index contributed by atoms with van der Waals surface area (Å²) in [6, 6.07) is 24.3. The van der Waals surface area contributed by atoms with Crippen LogP contribution in [-0.4, -0.2) is 37.4 Å². The predicted molar refractivity (Wildman–Crippen MR) is 119 cm³/mol. The zero-order chi connectivity index (χ0) is 22.2. The quantitative estimate of drug-likeness (QED) is 0.354. The number of nitrogens with one attached hydrogen (secondary N) is 1. The second-order valence-electron chi connectivity index (χ2n) is 7.04. The van der Waals surface area contributed by atoms with Gasteiger partial charge in [-0.1, -0.05) is 66.7 Å². The van der Waals surface area contributed by atoms with E-state index in [1.165, 1.54) is 0 Å². The van der Waals surface area contributed by atoms with Crippen LogP contribution < -0.4 is 14.9 Å². The normalized spacial score (nSPS) is 11.9. The van der Waals surface area contributed by atoms with E-state index < -0.39 is 18.5 Å². The fourth-order valence-electron chi connectivity index (χ4n) is 3.20. The van der Waals surface area contributed by atoms with E-state index in [1.807, 2.05) is 60.7 Å². The summed E-state index contributed by atoms with van der Waals surface area (Å²) in [5, 5.41) is 4.27. The molecule has 7 heteroatoms. The minimum Gasteiger partial charge on any atom is -0.486 e. The third kappa shape index (κ3) is 5.51. The van der Waals surface area contributed by atoms with E-state index in [0.717, 1.165) is 11.1 Å². The first-order valence-corrected chi connectivity index (χ1v) is 10.2. The van der Waals surface area contributed by atoms with Crippen molar-refractivity contribution in [2.45, 2.75) is 6.42 Å². The zero-order valence-electron chi connectivity index (χ0n) is 17.3. The first-order valence-electron chi connectivity index (χ1n) is 10.2. The van der Waals surface area contributed by atoms with Crippen molar-refractivity contribution in [1.29, 1.82) is 0 Å². The number of nitrogens with zero attached hydrogens (tertiary/aromatic N) is 1. The van der Waals surface area contributed by atoms with Gasteiger partial charge < -0.3 is 14.2 Å². The van der Waals surface area contributed by atoms with Gasteiger partial charge in [-0.2, -0.15) is 5.10 Å². The van der Waals surface area contributed by atoms with E-state index in [0.29, 0.717) is 36.0 Å². The van der Waals surface area contributed by atoms with Crippen LogP contribution in [-0.2, 0) is 20.7 Å². The molecule has 0 saturated carbocycles. The lowest BCUT2D eigenvalue weighted by atomic mass is 10.0. The molecule has 1 N–H and O–H groups in total. The molecule has 1 aliphatic rings. The lowest BCUT2D eigenvalue weighted by Crippen LogP contribution is -2.26. The molecule has 162 valence electrons. The Morgan fingerprint density at radius 1 is 0.844 bits per heavy atom. The molecular weight excluding hydrogens is 408 g/mol. The van der Waals surface area contributed by atoms with Gasteiger partial charge in [0.05, 0.1) is 12.1 Å². The molecule has 3 aromatic carbocycles. The molecule has 0 bridgehead atoms.